The maximum absolute atomic E-state index is 13.4. The van der Waals surface area contributed by atoms with Crippen molar-refractivity contribution in [2.75, 3.05) is 30.3 Å². The molecule has 1 N–H and O–H groups in total. The van der Waals surface area contributed by atoms with Crippen LogP contribution in [0, 0.1) is 5.92 Å². The zero-order valence-corrected chi connectivity index (χ0v) is 22.2. The summed E-state index contributed by atoms with van der Waals surface area (Å²) in [6.07, 6.45) is 3.74. The summed E-state index contributed by atoms with van der Waals surface area (Å²) in [4.78, 5) is 19.4. The summed E-state index contributed by atoms with van der Waals surface area (Å²) in [5.74, 6) is -0.150. The molecule has 9 nitrogen and oxygen atoms in total. The van der Waals surface area contributed by atoms with Crippen LogP contribution in [0.15, 0.2) is 63.8 Å². The summed E-state index contributed by atoms with van der Waals surface area (Å²) in [6, 6.07) is 11.5. The minimum absolute atomic E-state index is 0.00866. The molecular weight excluding hydrogens is 520 g/mol. The highest BCUT2D eigenvalue weighted by atomic mass is 32.2. The van der Waals surface area contributed by atoms with E-state index in [4.69, 9.17) is 0 Å². The first-order valence-electron chi connectivity index (χ1n) is 11.5. The Bertz CT molecular complexity index is 1500. The Morgan fingerprint density at radius 3 is 2.39 bits per heavy atom. The van der Waals surface area contributed by atoms with Crippen molar-refractivity contribution in [2.24, 2.45) is 5.92 Å². The third-order valence-corrected chi connectivity index (χ3v) is 10.8. The van der Waals surface area contributed by atoms with Crippen LogP contribution in [0.4, 0.5) is 10.8 Å². The molecule has 1 unspecified atom stereocenters. The van der Waals surface area contributed by atoms with E-state index in [0.717, 1.165) is 24.0 Å². The van der Waals surface area contributed by atoms with Crippen molar-refractivity contribution in [3.05, 3.63) is 65.2 Å². The minimum Gasteiger partial charge on any atom is -0.312 e. The number of benzene rings is 2. The highest BCUT2D eigenvalue weighted by Gasteiger charge is 2.41. The minimum atomic E-state index is -3.77. The van der Waals surface area contributed by atoms with Crippen LogP contribution in [0.3, 0.4) is 0 Å². The number of hydrogen-bond acceptors (Lipinski definition) is 7. The molecule has 190 valence electrons. The Kier molecular flexibility index (Phi) is 6.39. The molecule has 1 saturated heterocycles. The number of rotatable bonds is 7. The highest BCUT2D eigenvalue weighted by Crippen LogP contribution is 2.44. The zero-order chi connectivity index (χ0) is 25.7. The number of sulfonamides is 2. The highest BCUT2D eigenvalue weighted by molar-refractivity contribution is 7.93. The third kappa shape index (κ3) is 4.42. The van der Waals surface area contributed by atoms with E-state index in [1.807, 2.05) is 6.07 Å². The first-order chi connectivity index (χ1) is 17.1. The normalized spacial score (nSPS) is 20.2. The number of nitrogens with zero attached hydrogens (tertiary/aromatic N) is 3. The molecule has 1 aliphatic heterocycles. The lowest BCUT2D eigenvalue weighted by Gasteiger charge is -2.21. The molecule has 1 fully saturated rings. The van der Waals surface area contributed by atoms with Crippen molar-refractivity contribution in [1.29, 1.82) is 0 Å². The van der Waals surface area contributed by atoms with Gasteiger partial charge in [-0.25, -0.2) is 26.1 Å². The molecule has 0 spiro atoms. The van der Waals surface area contributed by atoms with Gasteiger partial charge in [-0.05, 0) is 72.7 Å². The predicted molar refractivity (Wildman–Crippen MR) is 138 cm³/mol. The van der Waals surface area contributed by atoms with Crippen molar-refractivity contribution in [2.45, 2.75) is 35.0 Å². The van der Waals surface area contributed by atoms with Crippen molar-refractivity contribution >= 4 is 48.1 Å². The number of anilines is 2. The number of hydrogen-bond donors (Lipinski definition) is 1. The number of thiazole rings is 1. The van der Waals surface area contributed by atoms with Crippen LogP contribution >= 0.6 is 11.3 Å². The van der Waals surface area contributed by atoms with Crippen LogP contribution < -0.4 is 9.62 Å². The van der Waals surface area contributed by atoms with Gasteiger partial charge in [0.05, 0.1) is 9.79 Å². The van der Waals surface area contributed by atoms with Crippen LogP contribution in [0.25, 0.3) is 0 Å². The summed E-state index contributed by atoms with van der Waals surface area (Å²) in [6.45, 7) is 0.548. The van der Waals surface area contributed by atoms with Gasteiger partial charge in [0.2, 0.25) is 15.9 Å². The second-order valence-corrected chi connectivity index (χ2v) is 13.8. The van der Waals surface area contributed by atoms with Crippen LogP contribution in [-0.4, -0.2) is 52.7 Å². The molecule has 0 saturated carbocycles. The summed E-state index contributed by atoms with van der Waals surface area (Å²) in [5.41, 5.74) is 2.68. The fraction of sp³-hybridized carbons (Fsp3) is 0.333. The Balaban J connectivity index is 1.32. The summed E-state index contributed by atoms with van der Waals surface area (Å²) in [7, 11) is -4.26. The van der Waals surface area contributed by atoms with Gasteiger partial charge in [0.25, 0.3) is 10.0 Å². The molecule has 3 aromatic rings. The lowest BCUT2D eigenvalue weighted by atomic mass is 9.86. The number of aromatic nitrogens is 1. The molecule has 0 bridgehead atoms. The van der Waals surface area contributed by atoms with Crippen LogP contribution in [0.2, 0.25) is 0 Å². The van der Waals surface area contributed by atoms with E-state index in [1.165, 1.54) is 48.1 Å². The molecule has 2 aliphatic rings. The molecule has 2 aromatic carbocycles. The Hall–Kier alpha value is -2.80. The van der Waals surface area contributed by atoms with Gasteiger partial charge in [-0.15, -0.1) is 11.3 Å². The SMILES string of the molecule is CN(C)S(=O)(=O)c1ccc2c(c1)CCC2[C@H]1CCN(c2ccc(S(=O)(=O)Nc3nccs3)cc2)C1=O. The van der Waals surface area contributed by atoms with Gasteiger partial charge in [-0.1, -0.05) is 6.07 Å². The smallest absolute Gasteiger partial charge is 0.263 e. The largest absolute Gasteiger partial charge is 0.312 e. The molecule has 36 heavy (non-hydrogen) atoms. The van der Waals surface area contributed by atoms with E-state index in [0.29, 0.717) is 23.8 Å². The zero-order valence-electron chi connectivity index (χ0n) is 19.8. The van der Waals surface area contributed by atoms with Gasteiger partial charge in [0.15, 0.2) is 5.13 Å². The van der Waals surface area contributed by atoms with E-state index in [2.05, 4.69) is 9.71 Å². The molecule has 0 radical (unpaired) electrons. The molecule has 1 aromatic heterocycles. The third-order valence-electron chi connectivity index (χ3n) is 6.86. The van der Waals surface area contributed by atoms with Crippen molar-refractivity contribution in [3.8, 4) is 0 Å². The predicted octanol–water partition coefficient (Wildman–Crippen LogP) is 3.28. The molecule has 2 heterocycles. The van der Waals surface area contributed by atoms with E-state index in [1.54, 1.807) is 34.5 Å². The Morgan fingerprint density at radius 1 is 1.00 bits per heavy atom. The molecule has 5 rings (SSSR count). The average Bonchev–Trinajstić information content (AvgIpc) is 3.58. The van der Waals surface area contributed by atoms with E-state index in [-0.39, 0.29) is 27.5 Å². The van der Waals surface area contributed by atoms with Gasteiger partial charge < -0.3 is 4.90 Å². The standard InChI is InChI=1S/C24H26N4O5S3/c1-27(2)36(32,33)19-8-10-20-16(15-19)3-9-21(20)22-11-13-28(23(22)29)17-4-6-18(7-5-17)35(30,31)26-24-25-12-14-34-24/h4-8,10,12,14-15,21-22H,3,9,11,13H2,1-2H3,(H,25,26)/t21?,22-/m1/s1. The Morgan fingerprint density at radius 2 is 1.72 bits per heavy atom. The second-order valence-electron chi connectivity index (χ2n) is 9.11. The van der Waals surface area contributed by atoms with E-state index >= 15 is 0 Å². The summed E-state index contributed by atoms with van der Waals surface area (Å²) < 4.78 is 53.9. The number of amides is 1. The summed E-state index contributed by atoms with van der Waals surface area (Å²) in [5, 5.41) is 1.98. The fourth-order valence-corrected chi connectivity index (χ4v) is 7.74. The second kappa shape index (κ2) is 9.25. The topological polar surface area (TPSA) is 117 Å². The molecule has 2 atom stereocenters. The first-order valence-corrected chi connectivity index (χ1v) is 15.3. The quantitative estimate of drug-likeness (QED) is 0.486. The first kappa shape index (κ1) is 24.9. The van der Waals surface area contributed by atoms with Crippen LogP contribution in [0.1, 0.15) is 29.9 Å². The monoisotopic (exact) mass is 546 g/mol. The lowest BCUT2D eigenvalue weighted by Crippen LogP contribution is -2.29. The van der Waals surface area contributed by atoms with Crippen molar-refractivity contribution in [1.82, 2.24) is 9.29 Å². The van der Waals surface area contributed by atoms with E-state index in [9.17, 15) is 21.6 Å². The van der Waals surface area contributed by atoms with E-state index < -0.39 is 20.0 Å². The van der Waals surface area contributed by atoms with Gasteiger partial charge in [0, 0.05) is 43.8 Å². The number of nitrogens with one attached hydrogen (secondary N) is 1. The molecule has 1 aliphatic carbocycles. The van der Waals surface area contributed by atoms with Gasteiger partial charge in [0.1, 0.15) is 0 Å². The maximum Gasteiger partial charge on any atom is 0.263 e. The van der Waals surface area contributed by atoms with Crippen LogP contribution in [-0.2, 0) is 31.3 Å². The van der Waals surface area contributed by atoms with Crippen LogP contribution in [0.5, 0.6) is 0 Å². The Labute approximate surface area is 214 Å². The van der Waals surface area contributed by atoms with Crippen molar-refractivity contribution < 1.29 is 21.6 Å². The number of carbonyl (C=O) groups excluding carboxylic acids is 1. The molecular formula is C24H26N4O5S3. The summed E-state index contributed by atoms with van der Waals surface area (Å²) >= 11 is 1.19. The van der Waals surface area contributed by atoms with Gasteiger partial charge >= 0.3 is 0 Å². The number of aryl methyl sites for hydroxylation is 1. The lowest BCUT2D eigenvalue weighted by molar-refractivity contribution is -0.121. The maximum atomic E-state index is 13.4. The van der Waals surface area contributed by atoms with Gasteiger partial charge in [-0.3, -0.25) is 9.52 Å². The number of carbonyl (C=O) groups is 1. The fourth-order valence-electron chi connectivity index (χ4n) is 5.00. The van der Waals surface area contributed by atoms with Gasteiger partial charge in [-0.2, -0.15) is 0 Å². The molecule has 12 heteroatoms. The molecule has 1 amide bonds. The number of fused-ring (bicyclic) bond motifs is 1. The van der Waals surface area contributed by atoms with Crippen molar-refractivity contribution in [3.63, 3.8) is 0 Å². The average molecular weight is 547 g/mol.